The monoisotopic (exact) mass is 306 g/mol. The molecule has 0 bridgehead atoms. The summed E-state index contributed by atoms with van der Waals surface area (Å²) < 4.78 is 30.0. The summed E-state index contributed by atoms with van der Waals surface area (Å²) in [4.78, 5) is 3.61. The van der Waals surface area contributed by atoms with Gasteiger partial charge in [0.2, 0.25) is 0 Å². The Balaban J connectivity index is 2.06. The molecule has 2 aromatic carbocycles. The Kier molecular flexibility index (Phi) is 2.95. The Morgan fingerprint density at radius 2 is 1.76 bits per heavy atom. The van der Waals surface area contributed by atoms with Crippen LogP contribution in [0.2, 0.25) is 0 Å². The summed E-state index contributed by atoms with van der Waals surface area (Å²) in [6, 6.07) is 6.84. The molecule has 0 spiro atoms. The number of aromatic hydroxyl groups is 2. The lowest BCUT2D eigenvalue weighted by atomic mass is 10.1. The molecule has 21 heavy (non-hydrogen) atoms. The van der Waals surface area contributed by atoms with Gasteiger partial charge in [-0.1, -0.05) is 6.07 Å². The molecule has 0 aliphatic carbocycles. The molecule has 0 saturated carbocycles. The van der Waals surface area contributed by atoms with Crippen molar-refractivity contribution in [2.45, 2.75) is 4.90 Å². The van der Waals surface area contributed by atoms with Gasteiger partial charge in [-0.3, -0.25) is 4.28 Å². The summed E-state index contributed by atoms with van der Waals surface area (Å²) in [6.45, 7) is 0. The van der Waals surface area contributed by atoms with Crippen LogP contribution < -0.4 is 4.28 Å². The third kappa shape index (κ3) is 2.48. The number of nitrogens with zero attached hydrogens (tertiary/aromatic N) is 2. The lowest BCUT2D eigenvalue weighted by molar-refractivity contribution is 0.278. The van der Waals surface area contributed by atoms with Gasteiger partial charge in [0.15, 0.2) is 11.5 Å². The van der Waals surface area contributed by atoms with E-state index in [4.69, 9.17) is 4.28 Å². The molecular weight excluding hydrogens is 296 g/mol. The van der Waals surface area contributed by atoms with Crippen LogP contribution in [0.15, 0.2) is 53.9 Å². The molecule has 1 heterocycles. The van der Waals surface area contributed by atoms with Crippen molar-refractivity contribution in [1.29, 1.82) is 0 Å². The van der Waals surface area contributed by atoms with Gasteiger partial charge in [-0.25, -0.2) is 4.98 Å². The van der Waals surface area contributed by atoms with Gasteiger partial charge >= 0.3 is 10.1 Å². The highest BCUT2D eigenvalue weighted by Gasteiger charge is 2.17. The van der Waals surface area contributed by atoms with E-state index in [-0.39, 0.29) is 16.4 Å². The van der Waals surface area contributed by atoms with Crippen molar-refractivity contribution in [3.05, 3.63) is 49.1 Å². The minimum absolute atomic E-state index is 0.0752. The summed E-state index contributed by atoms with van der Waals surface area (Å²) in [5, 5.41) is 19.9. The van der Waals surface area contributed by atoms with E-state index < -0.39 is 10.1 Å². The third-order valence-electron chi connectivity index (χ3n) is 2.86. The predicted octanol–water partition coefficient (Wildman–Crippen LogP) is 1.26. The molecule has 0 aliphatic heterocycles. The minimum Gasteiger partial charge on any atom is -0.504 e. The first kappa shape index (κ1) is 13.3. The van der Waals surface area contributed by atoms with E-state index in [1.54, 1.807) is 0 Å². The fourth-order valence-electron chi connectivity index (χ4n) is 1.85. The number of aromatic nitrogens is 2. The van der Waals surface area contributed by atoms with Crippen LogP contribution >= 0.6 is 0 Å². The Bertz CT molecular complexity index is 904. The topological polar surface area (TPSA) is 102 Å². The van der Waals surface area contributed by atoms with Gasteiger partial charge in [-0.2, -0.15) is 13.1 Å². The van der Waals surface area contributed by atoms with Crippen LogP contribution in [-0.4, -0.2) is 28.3 Å². The molecule has 0 atom stereocenters. The Morgan fingerprint density at radius 3 is 2.43 bits per heavy atom. The largest absolute Gasteiger partial charge is 0.504 e. The zero-order valence-corrected chi connectivity index (χ0v) is 11.4. The molecule has 0 radical (unpaired) electrons. The van der Waals surface area contributed by atoms with Crippen LogP contribution in [0.25, 0.3) is 10.8 Å². The molecule has 8 heteroatoms. The predicted molar refractivity (Wildman–Crippen MR) is 73.3 cm³/mol. The van der Waals surface area contributed by atoms with Gasteiger partial charge in [0.25, 0.3) is 0 Å². The average molecular weight is 306 g/mol. The second kappa shape index (κ2) is 4.67. The van der Waals surface area contributed by atoms with Crippen molar-refractivity contribution < 1.29 is 22.9 Å². The summed E-state index contributed by atoms with van der Waals surface area (Å²) in [7, 11) is -4.02. The van der Waals surface area contributed by atoms with E-state index in [1.165, 1.54) is 49.1 Å². The Labute approximate surface area is 119 Å². The quantitative estimate of drug-likeness (QED) is 0.706. The normalized spacial score (nSPS) is 11.6. The zero-order chi connectivity index (χ0) is 15.0. The van der Waals surface area contributed by atoms with Crippen molar-refractivity contribution in [1.82, 2.24) is 9.71 Å². The van der Waals surface area contributed by atoms with E-state index in [0.29, 0.717) is 10.8 Å². The number of fused-ring (bicyclic) bond motifs is 1. The summed E-state index contributed by atoms with van der Waals surface area (Å²) in [5.74, 6) is -0.597. The smallest absolute Gasteiger partial charge is 0.357 e. The number of phenols is 2. The fraction of sp³-hybridized carbons (Fsp3) is 0. The summed E-state index contributed by atoms with van der Waals surface area (Å²) >= 11 is 0. The highest BCUT2D eigenvalue weighted by molar-refractivity contribution is 7.87. The molecule has 7 nitrogen and oxygen atoms in total. The van der Waals surface area contributed by atoms with Crippen LogP contribution in [0.1, 0.15) is 0 Å². The maximum Gasteiger partial charge on any atom is 0.357 e. The van der Waals surface area contributed by atoms with Crippen molar-refractivity contribution in [3.8, 4) is 11.5 Å². The van der Waals surface area contributed by atoms with Gasteiger partial charge < -0.3 is 10.2 Å². The van der Waals surface area contributed by atoms with E-state index in [9.17, 15) is 18.6 Å². The molecule has 0 saturated heterocycles. The molecule has 3 rings (SSSR count). The van der Waals surface area contributed by atoms with Gasteiger partial charge in [0.05, 0.1) is 6.20 Å². The first-order valence-electron chi connectivity index (χ1n) is 5.84. The molecule has 2 N–H and O–H groups in total. The number of imidazole rings is 1. The summed E-state index contributed by atoms with van der Waals surface area (Å²) in [6.07, 6.45) is 3.95. The SMILES string of the molecule is O=S(=O)(On1ccnc1)c1ccc2cc(O)c(O)cc2c1. The van der Waals surface area contributed by atoms with E-state index in [0.717, 1.165) is 4.73 Å². The van der Waals surface area contributed by atoms with Crippen molar-refractivity contribution in [3.63, 3.8) is 0 Å². The van der Waals surface area contributed by atoms with Crippen LogP contribution in [0.3, 0.4) is 0 Å². The summed E-state index contributed by atoms with van der Waals surface area (Å²) in [5.41, 5.74) is 0. The minimum atomic E-state index is -4.02. The average Bonchev–Trinajstić information content (AvgIpc) is 2.91. The van der Waals surface area contributed by atoms with Crippen LogP contribution in [0, 0.1) is 0 Å². The van der Waals surface area contributed by atoms with Crippen molar-refractivity contribution >= 4 is 20.9 Å². The maximum absolute atomic E-state index is 12.1. The lowest BCUT2D eigenvalue weighted by Gasteiger charge is -2.08. The van der Waals surface area contributed by atoms with Crippen molar-refractivity contribution in [2.24, 2.45) is 0 Å². The second-order valence-corrected chi connectivity index (χ2v) is 5.83. The fourth-order valence-corrected chi connectivity index (χ4v) is 2.76. The number of hydrogen-bond donors (Lipinski definition) is 2. The van der Waals surface area contributed by atoms with Gasteiger partial charge in [0, 0.05) is 6.20 Å². The van der Waals surface area contributed by atoms with Crippen LogP contribution in [0.5, 0.6) is 11.5 Å². The third-order valence-corrected chi connectivity index (χ3v) is 4.06. The van der Waals surface area contributed by atoms with Crippen molar-refractivity contribution in [2.75, 3.05) is 0 Å². The molecule has 108 valence electrons. The van der Waals surface area contributed by atoms with Gasteiger partial charge in [0.1, 0.15) is 11.2 Å². The number of rotatable bonds is 3. The first-order chi connectivity index (χ1) is 9.95. The number of hydrogen-bond acceptors (Lipinski definition) is 6. The highest BCUT2D eigenvalue weighted by atomic mass is 32.2. The molecule has 0 fully saturated rings. The Hall–Kier alpha value is -2.74. The number of phenolic OH excluding ortho intramolecular Hbond substituents is 2. The Morgan fingerprint density at radius 1 is 1.05 bits per heavy atom. The standard InChI is InChI=1S/C13H10N2O5S/c16-12-6-9-1-2-11(5-10(9)7-13(12)17)21(18,19)20-15-4-3-14-8-15/h1-8,16-17H. The van der Waals surface area contributed by atoms with Gasteiger partial charge in [-0.05, 0) is 35.0 Å². The van der Waals surface area contributed by atoms with E-state index in [2.05, 4.69) is 4.98 Å². The highest BCUT2D eigenvalue weighted by Crippen LogP contribution is 2.31. The van der Waals surface area contributed by atoms with Gasteiger partial charge in [-0.15, -0.1) is 0 Å². The molecular formula is C13H10N2O5S. The maximum atomic E-state index is 12.1. The molecule has 0 aliphatic rings. The molecule has 3 aromatic rings. The van der Waals surface area contributed by atoms with Crippen LogP contribution in [-0.2, 0) is 10.1 Å². The van der Waals surface area contributed by atoms with E-state index in [1.807, 2.05) is 0 Å². The second-order valence-electron chi connectivity index (χ2n) is 4.30. The lowest BCUT2D eigenvalue weighted by Crippen LogP contribution is -2.18. The molecule has 0 unspecified atom stereocenters. The first-order valence-corrected chi connectivity index (χ1v) is 7.25. The molecule has 0 amide bonds. The van der Waals surface area contributed by atoms with E-state index >= 15 is 0 Å². The number of benzene rings is 2. The molecule has 1 aromatic heterocycles. The zero-order valence-electron chi connectivity index (χ0n) is 10.5. The van der Waals surface area contributed by atoms with Crippen LogP contribution in [0.4, 0.5) is 0 Å².